The first-order chi connectivity index (χ1) is 9.72. The Morgan fingerprint density at radius 1 is 0.905 bits per heavy atom. The maximum atomic E-state index is 10.1. The monoisotopic (exact) mass is 292 g/mol. The van der Waals surface area contributed by atoms with Gasteiger partial charge in [0.25, 0.3) is 0 Å². The molecule has 1 aliphatic carbocycles. The van der Waals surface area contributed by atoms with Crippen LogP contribution in [0.2, 0.25) is 0 Å². The normalized spacial score (nSPS) is 33.8. The van der Waals surface area contributed by atoms with Crippen LogP contribution in [0.3, 0.4) is 0 Å². The van der Waals surface area contributed by atoms with Gasteiger partial charge in [0.05, 0.1) is 12.2 Å². The van der Waals surface area contributed by atoms with E-state index in [1.165, 1.54) is 5.56 Å². The molecule has 0 bridgehead atoms. The van der Waals surface area contributed by atoms with Crippen LogP contribution in [0.25, 0.3) is 0 Å². The summed E-state index contributed by atoms with van der Waals surface area (Å²) in [5.41, 5.74) is 1.25. The number of aliphatic hydroxyl groups excluding tert-OH is 2. The van der Waals surface area contributed by atoms with Crippen LogP contribution in [0.5, 0.6) is 5.75 Å². The zero-order valence-electron chi connectivity index (χ0n) is 13.3. The van der Waals surface area contributed by atoms with E-state index in [-0.39, 0.29) is 16.6 Å². The summed E-state index contributed by atoms with van der Waals surface area (Å²) >= 11 is 0. The van der Waals surface area contributed by atoms with Crippen LogP contribution in [-0.4, -0.2) is 27.5 Å². The number of aromatic hydroxyl groups is 1. The SMILES string of the molecule is CC1(C)CCC(O)C(O)CCC(C)(c2ccc(O)cc2)C1. The quantitative estimate of drug-likeness (QED) is 0.744. The molecule has 0 spiro atoms. The van der Waals surface area contributed by atoms with Crippen LogP contribution < -0.4 is 0 Å². The van der Waals surface area contributed by atoms with Crippen LogP contribution in [0, 0.1) is 5.41 Å². The number of hydrogen-bond donors (Lipinski definition) is 3. The number of aliphatic hydroxyl groups is 2. The maximum Gasteiger partial charge on any atom is 0.115 e. The molecule has 3 nitrogen and oxygen atoms in total. The van der Waals surface area contributed by atoms with Gasteiger partial charge in [-0.25, -0.2) is 0 Å². The Morgan fingerprint density at radius 3 is 2.00 bits per heavy atom. The van der Waals surface area contributed by atoms with Gasteiger partial charge in [0.1, 0.15) is 5.75 Å². The molecule has 0 aliphatic heterocycles. The summed E-state index contributed by atoms with van der Waals surface area (Å²) in [6.45, 7) is 6.69. The second-order valence-corrected chi connectivity index (χ2v) is 7.66. The summed E-state index contributed by atoms with van der Waals surface area (Å²) in [5.74, 6) is 0.278. The first-order valence-corrected chi connectivity index (χ1v) is 7.88. The molecule has 2 rings (SSSR count). The van der Waals surface area contributed by atoms with Gasteiger partial charge in [-0.15, -0.1) is 0 Å². The second kappa shape index (κ2) is 5.98. The molecule has 3 unspecified atom stereocenters. The maximum absolute atomic E-state index is 10.1. The molecule has 1 aliphatic rings. The number of hydrogen-bond acceptors (Lipinski definition) is 3. The highest BCUT2D eigenvalue weighted by Gasteiger charge is 2.37. The third kappa shape index (κ3) is 3.98. The fraction of sp³-hybridized carbons (Fsp3) is 0.667. The Kier molecular flexibility index (Phi) is 4.64. The van der Waals surface area contributed by atoms with Crippen LogP contribution in [-0.2, 0) is 5.41 Å². The third-order valence-electron chi connectivity index (χ3n) is 4.99. The molecular weight excluding hydrogens is 264 g/mol. The zero-order valence-corrected chi connectivity index (χ0v) is 13.3. The minimum atomic E-state index is -0.643. The lowest BCUT2D eigenvalue weighted by Crippen LogP contribution is -2.30. The van der Waals surface area contributed by atoms with Crippen LogP contribution >= 0.6 is 0 Å². The molecule has 1 aromatic rings. The van der Waals surface area contributed by atoms with Gasteiger partial charge in [0.15, 0.2) is 0 Å². The lowest BCUT2D eigenvalue weighted by atomic mass is 9.67. The molecule has 1 saturated carbocycles. The molecule has 1 aromatic carbocycles. The number of phenolic OH excluding ortho intramolecular Hbond substituents is 1. The van der Waals surface area contributed by atoms with Crippen molar-refractivity contribution < 1.29 is 15.3 Å². The van der Waals surface area contributed by atoms with E-state index < -0.39 is 12.2 Å². The van der Waals surface area contributed by atoms with E-state index in [2.05, 4.69) is 20.8 Å². The fourth-order valence-corrected chi connectivity index (χ4v) is 3.73. The van der Waals surface area contributed by atoms with Gasteiger partial charge in [0.2, 0.25) is 0 Å². The average molecular weight is 292 g/mol. The molecule has 3 N–H and O–H groups in total. The minimum absolute atomic E-state index is 0.0533. The van der Waals surface area contributed by atoms with Crippen molar-refractivity contribution in [3.63, 3.8) is 0 Å². The Morgan fingerprint density at radius 2 is 1.43 bits per heavy atom. The van der Waals surface area contributed by atoms with Crippen molar-refractivity contribution in [3.8, 4) is 5.75 Å². The topological polar surface area (TPSA) is 60.7 Å². The predicted molar refractivity (Wildman–Crippen MR) is 84.3 cm³/mol. The average Bonchev–Trinajstić information content (AvgIpc) is 2.45. The summed E-state index contributed by atoms with van der Waals surface area (Å²) in [6, 6.07) is 7.41. The number of phenols is 1. The van der Waals surface area contributed by atoms with E-state index in [1.807, 2.05) is 12.1 Å². The van der Waals surface area contributed by atoms with E-state index in [0.717, 1.165) is 19.3 Å². The largest absolute Gasteiger partial charge is 0.508 e. The van der Waals surface area contributed by atoms with Crippen molar-refractivity contribution in [2.75, 3.05) is 0 Å². The molecule has 0 aromatic heterocycles. The van der Waals surface area contributed by atoms with Crippen molar-refractivity contribution in [3.05, 3.63) is 29.8 Å². The lowest BCUT2D eigenvalue weighted by Gasteiger charge is -2.38. The van der Waals surface area contributed by atoms with E-state index >= 15 is 0 Å². The molecular formula is C18H28O3. The molecule has 0 radical (unpaired) electrons. The fourth-order valence-electron chi connectivity index (χ4n) is 3.73. The minimum Gasteiger partial charge on any atom is -0.508 e. The summed E-state index contributed by atoms with van der Waals surface area (Å²) in [4.78, 5) is 0. The first-order valence-electron chi connectivity index (χ1n) is 7.88. The molecule has 118 valence electrons. The summed E-state index contributed by atoms with van der Waals surface area (Å²) in [6.07, 6.45) is 2.73. The number of benzene rings is 1. The molecule has 1 fully saturated rings. The summed E-state index contributed by atoms with van der Waals surface area (Å²) in [7, 11) is 0. The Labute approximate surface area is 127 Å². The van der Waals surface area contributed by atoms with Crippen molar-refractivity contribution in [1.82, 2.24) is 0 Å². The standard InChI is InChI=1S/C18H28O3/c1-17(2)10-8-15(20)16(21)9-11-18(3,12-17)13-4-6-14(19)7-5-13/h4-7,15-16,19-21H,8-12H2,1-3H3. The molecule has 21 heavy (non-hydrogen) atoms. The van der Waals surface area contributed by atoms with E-state index in [4.69, 9.17) is 0 Å². The molecule has 0 amide bonds. The van der Waals surface area contributed by atoms with E-state index in [1.54, 1.807) is 12.1 Å². The molecule has 0 saturated heterocycles. The highest BCUT2D eigenvalue weighted by Crippen LogP contribution is 2.44. The Hall–Kier alpha value is -1.06. The smallest absolute Gasteiger partial charge is 0.115 e. The van der Waals surface area contributed by atoms with Gasteiger partial charge in [-0.3, -0.25) is 0 Å². The molecule has 3 atom stereocenters. The highest BCUT2D eigenvalue weighted by molar-refractivity contribution is 5.31. The van der Waals surface area contributed by atoms with Gasteiger partial charge in [-0.05, 0) is 60.6 Å². The van der Waals surface area contributed by atoms with Gasteiger partial charge >= 0.3 is 0 Å². The first kappa shape index (κ1) is 16.3. The van der Waals surface area contributed by atoms with Crippen LogP contribution in [0.1, 0.15) is 58.4 Å². The Bertz CT molecular complexity index is 466. The van der Waals surface area contributed by atoms with E-state index in [9.17, 15) is 15.3 Å². The highest BCUT2D eigenvalue weighted by atomic mass is 16.3. The van der Waals surface area contributed by atoms with Gasteiger partial charge in [-0.1, -0.05) is 32.9 Å². The summed E-state index contributed by atoms with van der Waals surface area (Å²) in [5, 5.41) is 29.6. The second-order valence-electron chi connectivity index (χ2n) is 7.66. The van der Waals surface area contributed by atoms with Crippen LogP contribution in [0.4, 0.5) is 0 Å². The van der Waals surface area contributed by atoms with Crippen molar-refractivity contribution in [2.24, 2.45) is 5.41 Å². The van der Waals surface area contributed by atoms with Gasteiger partial charge in [-0.2, -0.15) is 0 Å². The summed E-state index contributed by atoms with van der Waals surface area (Å²) < 4.78 is 0. The molecule has 0 heterocycles. The van der Waals surface area contributed by atoms with Crippen molar-refractivity contribution in [2.45, 2.75) is 70.5 Å². The van der Waals surface area contributed by atoms with Gasteiger partial charge < -0.3 is 15.3 Å². The molecule has 3 heteroatoms. The zero-order chi connectivity index (χ0) is 15.7. The van der Waals surface area contributed by atoms with Crippen molar-refractivity contribution in [1.29, 1.82) is 0 Å². The Balaban J connectivity index is 2.31. The lowest BCUT2D eigenvalue weighted by molar-refractivity contribution is 0.00515. The van der Waals surface area contributed by atoms with Crippen LogP contribution in [0.15, 0.2) is 24.3 Å². The van der Waals surface area contributed by atoms with Gasteiger partial charge in [0, 0.05) is 0 Å². The number of rotatable bonds is 1. The van der Waals surface area contributed by atoms with Crippen molar-refractivity contribution >= 4 is 0 Å². The predicted octanol–water partition coefficient (Wildman–Crippen LogP) is 3.36. The third-order valence-corrected chi connectivity index (χ3v) is 4.99. The van der Waals surface area contributed by atoms with E-state index in [0.29, 0.717) is 12.8 Å².